The van der Waals surface area contributed by atoms with E-state index >= 15 is 0 Å². The van der Waals surface area contributed by atoms with Crippen molar-refractivity contribution in [2.45, 2.75) is 26.4 Å². The average molecular weight is 296 g/mol. The third kappa shape index (κ3) is 3.36. The largest absolute Gasteiger partial charge is 0.378 e. The molecule has 0 saturated carbocycles. The van der Waals surface area contributed by atoms with Crippen molar-refractivity contribution in [1.29, 1.82) is 0 Å². The number of aryl methyl sites for hydroxylation is 1. The molecule has 0 aliphatic carbocycles. The lowest BCUT2D eigenvalue weighted by Gasteiger charge is -2.10. The fourth-order valence-electron chi connectivity index (χ4n) is 1.80. The van der Waals surface area contributed by atoms with E-state index in [1.807, 2.05) is 6.92 Å². The van der Waals surface area contributed by atoms with Crippen LogP contribution in [-0.2, 0) is 13.1 Å². The summed E-state index contributed by atoms with van der Waals surface area (Å²) in [4.78, 5) is 11.9. The lowest BCUT2D eigenvalue weighted by molar-refractivity contribution is 0.568. The summed E-state index contributed by atoms with van der Waals surface area (Å²) in [7, 11) is 0. The highest BCUT2D eigenvalue weighted by atomic mass is 35.5. The molecule has 1 N–H and O–H groups in total. The fraction of sp³-hybridized carbons (Fsp3) is 0.286. The molecule has 4 nitrogen and oxygen atoms in total. The van der Waals surface area contributed by atoms with Crippen LogP contribution in [-0.4, -0.2) is 9.78 Å². The van der Waals surface area contributed by atoms with Gasteiger partial charge < -0.3 is 5.32 Å². The van der Waals surface area contributed by atoms with E-state index in [0.717, 1.165) is 12.0 Å². The maximum atomic E-state index is 13.1. The molecule has 0 atom stereocenters. The lowest BCUT2D eigenvalue weighted by Crippen LogP contribution is -2.24. The zero-order chi connectivity index (χ0) is 14.5. The molecule has 106 valence electrons. The molecule has 2 rings (SSSR count). The van der Waals surface area contributed by atoms with Crippen LogP contribution in [0.4, 0.5) is 10.1 Å². The quantitative estimate of drug-likeness (QED) is 0.922. The Morgan fingerprint density at radius 2 is 2.25 bits per heavy atom. The summed E-state index contributed by atoms with van der Waals surface area (Å²) >= 11 is 6.02. The number of benzene rings is 1. The minimum Gasteiger partial charge on any atom is -0.378 e. The molecule has 0 spiro atoms. The Hall–Kier alpha value is -1.88. The van der Waals surface area contributed by atoms with Gasteiger partial charge in [-0.3, -0.25) is 4.79 Å². The van der Waals surface area contributed by atoms with Gasteiger partial charge in [-0.1, -0.05) is 30.7 Å². The third-order valence-electron chi connectivity index (χ3n) is 2.79. The van der Waals surface area contributed by atoms with Crippen LogP contribution >= 0.6 is 11.6 Å². The highest BCUT2D eigenvalue weighted by Crippen LogP contribution is 2.16. The smallest absolute Gasteiger partial charge is 0.287 e. The minimum absolute atomic E-state index is 0.102. The van der Waals surface area contributed by atoms with E-state index in [9.17, 15) is 9.18 Å². The van der Waals surface area contributed by atoms with Crippen molar-refractivity contribution < 1.29 is 4.39 Å². The number of rotatable bonds is 5. The number of nitrogens with one attached hydrogen (secondary N) is 1. The Bertz CT molecular complexity index is 657. The number of hydrogen-bond donors (Lipinski definition) is 1. The van der Waals surface area contributed by atoms with Crippen LogP contribution in [0.5, 0.6) is 0 Å². The Kier molecular flexibility index (Phi) is 4.74. The van der Waals surface area contributed by atoms with Crippen LogP contribution in [0, 0.1) is 5.82 Å². The Morgan fingerprint density at radius 1 is 1.45 bits per heavy atom. The second kappa shape index (κ2) is 6.52. The molecular weight excluding hydrogens is 281 g/mol. The van der Waals surface area contributed by atoms with Crippen molar-refractivity contribution in [1.82, 2.24) is 9.78 Å². The number of halogens is 2. The molecule has 0 saturated heterocycles. The monoisotopic (exact) mass is 295 g/mol. The van der Waals surface area contributed by atoms with E-state index in [1.165, 1.54) is 23.0 Å². The molecule has 0 bridgehead atoms. The van der Waals surface area contributed by atoms with Crippen molar-refractivity contribution in [3.05, 3.63) is 57.2 Å². The van der Waals surface area contributed by atoms with Gasteiger partial charge >= 0.3 is 0 Å². The first kappa shape index (κ1) is 14.5. The van der Waals surface area contributed by atoms with Gasteiger partial charge in [-0.05, 0) is 24.1 Å². The van der Waals surface area contributed by atoms with Crippen molar-refractivity contribution in [2.24, 2.45) is 0 Å². The second-order valence-electron chi connectivity index (χ2n) is 4.38. The van der Waals surface area contributed by atoms with Crippen LogP contribution in [0.1, 0.15) is 18.9 Å². The molecular formula is C14H15ClFN3O. The van der Waals surface area contributed by atoms with E-state index in [-0.39, 0.29) is 16.4 Å². The van der Waals surface area contributed by atoms with Crippen LogP contribution in [0.15, 0.2) is 35.3 Å². The average Bonchev–Trinajstić information content (AvgIpc) is 2.43. The molecule has 0 aliphatic rings. The molecule has 0 aliphatic heterocycles. The highest BCUT2D eigenvalue weighted by Gasteiger charge is 2.08. The molecule has 0 amide bonds. The Balaban J connectivity index is 2.14. The normalized spacial score (nSPS) is 10.6. The summed E-state index contributed by atoms with van der Waals surface area (Å²) in [6.45, 7) is 2.86. The molecule has 1 heterocycles. The van der Waals surface area contributed by atoms with E-state index < -0.39 is 0 Å². The van der Waals surface area contributed by atoms with E-state index in [1.54, 1.807) is 12.1 Å². The lowest BCUT2D eigenvalue weighted by atomic mass is 10.2. The summed E-state index contributed by atoms with van der Waals surface area (Å²) in [5, 5.41) is 7.14. The Labute approximate surface area is 121 Å². The first-order chi connectivity index (χ1) is 9.61. The molecule has 1 aromatic heterocycles. The van der Waals surface area contributed by atoms with Gasteiger partial charge in [0.05, 0.1) is 11.9 Å². The number of anilines is 1. The van der Waals surface area contributed by atoms with Gasteiger partial charge in [-0.2, -0.15) is 5.10 Å². The van der Waals surface area contributed by atoms with Gasteiger partial charge in [0.15, 0.2) is 0 Å². The number of hydrogen-bond acceptors (Lipinski definition) is 3. The third-order valence-corrected chi connectivity index (χ3v) is 3.16. The van der Waals surface area contributed by atoms with Crippen LogP contribution in [0.3, 0.4) is 0 Å². The maximum Gasteiger partial charge on any atom is 0.287 e. The molecule has 2 aromatic rings. The summed E-state index contributed by atoms with van der Waals surface area (Å²) in [6, 6.07) is 6.22. The zero-order valence-electron chi connectivity index (χ0n) is 11.1. The van der Waals surface area contributed by atoms with Crippen molar-refractivity contribution in [3.63, 3.8) is 0 Å². The zero-order valence-corrected chi connectivity index (χ0v) is 11.8. The highest BCUT2D eigenvalue weighted by molar-refractivity contribution is 6.32. The number of nitrogens with zero attached hydrogens (tertiary/aromatic N) is 2. The molecule has 0 radical (unpaired) electrons. The molecule has 20 heavy (non-hydrogen) atoms. The van der Waals surface area contributed by atoms with Crippen LogP contribution in [0.2, 0.25) is 5.02 Å². The van der Waals surface area contributed by atoms with Crippen molar-refractivity contribution in [2.75, 3.05) is 5.32 Å². The second-order valence-corrected chi connectivity index (χ2v) is 4.76. The van der Waals surface area contributed by atoms with Gasteiger partial charge in [0.25, 0.3) is 5.56 Å². The fourth-order valence-corrected chi connectivity index (χ4v) is 2.02. The van der Waals surface area contributed by atoms with E-state index in [0.29, 0.717) is 18.8 Å². The van der Waals surface area contributed by atoms with Crippen LogP contribution in [0.25, 0.3) is 0 Å². The summed E-state index contributed by atoms with van der Waals surface area (Å²) in [5.41, 5.74) is 0.893. The van der Waals surface area contributed by atoms with Gasteiger partial charge in [0, 0.05) is 13.1 Å². The predicted octanol–water partition coefficient (Wildman–Crippen LogP) is 3.06. The van der Waals surface area contributed by atoms with Gasteiger partial charge in [0.1, 0.15) is 10.8 Å². The summed E-state index contributed by atoms with van der Waals surface area (Å²) in [6.07, 6.45) is 2.32. The SMILES string of the molecule is CCCn1ncc(NCc2cccc(F)c2)c(Cl)c1=O. The van der Waals surface area contributed by atoms with E-state index in [4.69, 9.17) is 11.6 Å². The van der Waals surface area contributed by atoms with Gasteiger partial charge in [0.2, 0.25) is 0 Å². The Morgan fingerprint density at radius 3 is 2.95 bits per heavy atom. The summed E-state index contributed by atoms with van der Waals surface area (Å²) < 4.78 is 14.4. The molecule has 0 fully saturated rings. The van der Waals surface area contributed by atoms with Crippen molar-refractivity contribution >= 4 is 17.3 Å². The predicted molar refractivity (Wildman–Crippen MR) is 77.5 cm³/mol. The van der Waals surface area contributed by atoms with Gasteiger partial charge in [-0.15, -0.1) is 0 Å². The standard InChI is InChI=1S/C14H15ClFN3O/c1-2-6-19-14(20)13(15)12(9-18-19)17-8-10-4-3-5-11(16)7-10/h3-5,7,9,17H,2,6,8H2,1H3. The van der Waals surface area contributed by atoms with E-state index in [2.05, 4.69) is 10.4 Å². The minimum atomic E-state index is -0.322. The van der Waals surface area contributed by atoms with Gasteiger partial charge in [-0.25, -0.2) is 9.07 Å². The summed E-state index contributed by atoms with van der Waals surface area (Å²) in [5.74, 6) is -0.299. The molecule has 1 aromatic carbocycles. The van der Waals surface area contributed by atoms with Crippen LogP contribution < -0.4 is 10.9 Å². The molecule has 0 unspecified atom stereocenters. The van der Waals surface area contributed by atoms with Crippen molar-refractivity contribution in [3.8, 4) is 0 Å². The maximum absolute atomic E-state index is 13.1. The molecule has 6 heteroatoms. The topological polar surface area (TPSA) is 46.9 Å². The number of aromatic nitrogens is 2. The first-order valence-electron chi connectivity index (χ1n) is 6.35. The first-order valence-corrected chi connectivity index (χ1v) is 6.73.